The van der Waals surface area contributed by atoms with Crippen molar-refractivity contribution in [3.05, 3.63) is 48.5 Å². The zero-order valence-corrected chi connectivity index (χ0v) is 45.3. The molecule has 0 radical (unpaired) electrons. The van der Waals surface area contributed by atoms with Gasteiger partial charge in [-0.1, -0.05) is 17.4 Å². The summed E-state index contributed by atoms with van der Waals surface area (Å²) in [5.74, 6) is -1.84. The number of rotatable bonds is 15. The van der Waals surface area contributed by atoms with Gasteiger partial charge in [-0.3, -0.25) is 9.48 Å². The van der Waals surface area contributed by atoms with Crippen LogP contribution in [0.4, 0.5) is 0 Å². The van der Waals surface area contributed by atoms with Crippen LogP contribution in [0.2, 0.25) is 0 Å². The summed E-state index contributed by atoms with van der Waals surface area (Å²) in [7, 11) is 5.25. The molecule has 5 heterocycles. The van der Waals surface area contributed by atoms with Gasteiger partial charge in [0.15, 0.2) is 16.7 Å². The number of aliphatic hydroxyl groups excluding tert-OH is 3. The molecule has 3 aliphatic rings. The Balaban J connectivity index is 1.16. The number of nitrogens with zero attached hydrogens (tertiary/aromatic N) is 8. The number of likely N-dealkylation sites (N-methyl/N-ethyl adjacent to an activating group) is 2. The van der Waals surface area contributed by atoms with Crippen LogP contribution in [0.3, 0.4) is 0 Å². The van der Waals surface area contributed by atoms with E-state index >= 15 is 0 Å². The van der Waals surface area contributed by atoms with Crippen LogP contribution in [0.25, 0.3) is 5.69 Å². The van der Waals surface area contributed by atoms with Crippen molar-refractivity contribution in [3.63, 3.8) is 0 Å². The summed E-state index contributed by atoms with van der Waals surface area (Å²) in [6.45, 7) is 15.8. The van der Waals surface area contributed by atoms with Crippen LogP contribution in [-0.2, 0) is 46.2 Å². The fraction of sp³-hybridized carbons (Fsp3) is 0.776. The monoisotopic (exact) mass is 1110 g/mol. The first-order valence-electron chi connectivity index (χ1n) is 24.8. The number of halogens is 1. The molecule has 2 aromatic heterocycles. The number of esters is 1. The van der Waals surface area contributed by atoms with E-state index < -0.39 is 100 Å². The van der Waals surface area contributed by atoms with E-state index in [1.54, 1.807) is 63.3 Å². The van der Waals surface area contributed by atoms with Gasteiger partial charge in [0.1, 0.15) is 29.7 Å². The Kier molecular flexibility index (Phi) is 19.8. The molecule has 3 aromatic rings. The van der Waals surface area contributed by atoms with Crippen molar-refractivity contribution in [2.45, 2.75) is 189 Å². The Morgan fingerprint density at radius 3 is 2.38 bits per heavy atom. The molecular weight excluding hydrogens is 1040 g/mol. The number of cyclic esters (lactones) is 1. The second-order valence-corrected chi connectivity index (χ2v) is 21.8. The van der Waals surface area contributed by atoms with Gasteiger partial charge in [0, 0.05) is 63.7 Å². The molecule has 0 bridgehead atoms. The first-order valence-corrected chi connectivity index (χ1v) is 26.1. The SMILES string of the molecule is CO[C@]1(C)C[C@H](O[C@H]2[C@H](C)[C@@H](O[C@@H]3O[C@H](C)C[C@H](N(C)CCc4cn(CCCOc5ccc(-n6ccnn6)cc5)nn4)[C@H]3O)[C@](C)(O)CCCN(C)[C@H](C)[C@@H](O)[C@](C)(O)[C@@H](I)OC(=O)[C@@H]2C)O[C@@H](C)[C@@H]1O. The summed E-state index contributed by atoms with van der Waals surface area (Å²) >= 11 is 1.83. The highest BCUT2D eigenvalue weighted by Crippen LogP contribution is 2.40. The molecule has 0 amide bonds. The summed E-state index contributed by atoms with van der Waals surface area (Å²) in [6.07, 6.45) is -1.000. The van der Waals surface area contributed by atoms with Crippen LogP contribution < -0.4 is 4.74 Å². The molecule has 0 spiro atoms. The molecule has 0 aliphatic carbocycles. The Morgan fingerprint density at radius 1 is 0.986 bits per heavy atom. The maximum Gasteiger partial charge on any atom is 0.312 e. The summed E-state index contributed by atoms with van der Waals surface area (Å²) in [5, 5.41) is 75.5. The van der Waals surface area contributed by atoms with E-state index in [1.807, 2.05) is 79.0 Å². The number of hydrogen-bond acceptors (Lipinski definition) is 19. The number of alkyl halides is 1. The second-order valence-electron chi connectivity index (χ2n) is 20.7. The molecule has 1 aromatic carbocycles. The number of carbonyl (C=O) groups excluding carboxylic acids is 1. The number of benzene rings is 1. The number of aromatic nitrogens is 6. The Morgan fingerprint density at radius 2 is 1.70 bits per heavy atom. The van der Waals surface area contributed by atoms with E-state index in [2.05, 4.69) is 25.5 Å². The van der Waals surface area contributed by atoms with Gasteiger partial charge in [-0.25, -0.2) is 4.68 Å². The summed E-state index contributed by atoms with van der Waals surface area (Å²) in [5.41, 5.74) is -2.82. The molecule has 21 nitrogen and oxygen atoms in total. The van der Waals surface area contributed by atoms with Crippen LogP contribution in [0.5, 0.6) is 5.75 Å². The van der Waals surface area contributed by atoms with Crippen molar-refractivity contribution < 1.29 is 63.5 Å². The van der Waals surface area contributed by atoms with Crippen LogP contribution in [0.15, 0.2) is 42.9 Å². The van der Waals surface area contributed by atoms with Crippen molar-refractivity contribution in [1.29, 1.82) is 0 Å². The van der Waals surface area contributed by atoms with E-state index in [1.165, 1.54) is 14.0 Å². The van der Waals surface area contributed by atoms with E-state index in [4.69, 9.17) is 33.2 Å². The Labute approximate surface area is 431 Å². The van der Waals surface area contributed by atoms with Crippen molar-refractivity contribution in [2.24, 2.45) is 11.8 Å². The fourth-order valence-corrected chi connectivity index (χ4v) is 10.7. The summed E-state index contributed by atoms with van der Waals surface area (Å²) in [6, 6.07) is 6.66. The minimum absolute atomic E-state index is 0.103. The van der Waals surface area contributed by atoms with E-state index in [9.17, 15) is 30.3 Å². The molecule has 6 rings (SSSR count). The van der Waals surface area contributed by atoms with Gasteiger partial charge in [-0.05, 0) is 135 Å². The average Bonchev–Trinajstić information content (AvgIpc) is 4.05. The number of methoxy groups -OCH3 is 1. The third-order valence-corrected chi connectivity index (χ3v) is 16.5. The van der Waals surface area contributed by atoms with Gasteiger partial charge in [0.25, 0.3) is 0 Å². The maximum atomic E-state index is 14.3. The number of hydrogen-bond donors (Lipinski definition) is 5. The highest BCUT2D eigenvalue weighted by molar-refractivity contribution is 14.1. The zero-order chi connectivity index (χ0) is 52.0. The van der Waals surface area contributed by atoms with Gasteiger partial charge in [-0.2, -0.15) is 0 Å². The lowest BCUT2D eigenvalue weighted by atomic mass is 9.79. The molecule has 17 atom stereocenters. The predicted molar refractivity (Wildman–Crippen MR) is 268 cm³/mol. The topological polar surface area (TPSA) is 251 Å². The number of carbonyl (C=O) groups is 1. The van der Waals surface area contributed by atoms with Gasteiger partial charge in [0.05, 0.1) is 71.9 Å². The Bertz CT molecular complexity index is 2100. The van der Waals surface area contributed by atoms with Gasteiger partial charge in [-0.15, -0.1) is 10.2 Å². The summed E-state index contributed by atoms with van der Waals surface area (Å²) in [4.78, 5) is 18.2. The fourth-order valence-electron chi connectivity index (χ4n) is 10.0. The highest BCUT2D eigenvalue weighted by atomic mass is 127. The number of aliphatic hydroxyl groups is 5. The van der Waals surface area contributed by atoms with Crippen LogP contribution in [-0.4, -0.2) is 200 Å². The second kappa shape index (κ2) is 24.6. The van der Waals surface area contributed by atoms with Crippen LogP contribution in [0, 0.1) is 11.8 Å². The Hall–Kier alpha value is -2.98. The molecule has 22 heteroatoms. The molecule has 3 fully saturated rings. The first kappa shape index (κ1) is 57.3. The lowest BCUT2D eigenvalue weighted by molar-refractivity contribution is -0.317. The van der Waals surface area contributed by atoms with E-state index in [0.717, 1.165) is 23.6 Å². The van der Waals surface area contributed by atoms with Crippen molar-refractivity contribution in [2.75, 3.05) is 40.9 Å². The average molecular weight is 1120 g/mol. The van der Waals surface area contributed by atoms with Crippen LogP contribution in [0.1, 0.15) is 93.2 Å². The van der Waals surface area contributed by atoms with Gasteiger partial charge in [0.2, 0.25) is 0 Å². The van der Waals surface area contributed by atoms with E-state index in [-0.39, 0.29) is 18.9 Å². The summed E-state index contributed by atoms with van der Waals surface area (Å²) < 4.78 is 46.1. The number of aryl methyl sites for hydroxylation is 1. The zero-order valence-electron chi connectivity index (χ0n) is 43.2. The van der Waals surface area contributed by atoms with Crippen LogP contribution >= 0.6 is 22.6 Å². The van der Waals surface area contributed by atoms with Gasteiger partial charge >= 0.3 is 5.97 Å². The quantitative estimate of drug-likeness (QED) is 0.0635. The molecule has 3 aliphatic heterocycles. The lowest BCUT2D eigenvalue weighted by Crippen LogP contribution is -2.60. The third kappa shape index (κ3) is 14.0. The van der Waals surface area contributed by atoms with Crippen molar-refractivity contribution >= 4 is 28.6 Å². The lowest BCUT2D eigenvalue weighted by Gasteiger charge is -2.48. The third-order valence-electron chi connectivity index (χ3n) is 15.0. The molecule has 400 valence electrons. The molecule has 3 saturated heterocycles. The van der Waals surface area contributed by atoms with Crippen molar-refractivity contribution in [1.82, 2.24) is 39.8 Å². The molecule has 0 saturated carbocycles. The van der Waals surface area contributed by atoms with Gasteiger partial charge < -0.3 is 68.5 Å². The maximum absolute atomic E-state index is 14.3. The highest BCUT2D eigenvalue weighted by Gasteiger charge is 2.52. The molecule has 5 N–H and O–H groups in total. The first-order chi connectivity index (χ1) is 33.4. The van der Waals surface area contributed by atoms with Crippen molar-refractivity contribution in [3.8, 4) is 11.4 Å². The minimum atomic E-state index is -1.85. The van der Waals surface area contributed by atoms with E-state index in [0.29, 0.717) is 45.5 Å². The normalized spacial score (nSPS) is 38.4. The molecule has 0 unspecified atom stereocenters. The number of ether oxygens (including phenoxy) is 7. The standard InChI is InChI=1S/C49H79IN8O13/c1-29-26-37(56(10)23-18-34-28-57(54-52-34)22-13-25-66-36-16-14-35(15-17-36)58-24-20-51-53-58)39(59)45(67-29)70-43-30(2)40(69-38-27-48(7,65-11)42(61)33(5)68-38)31(3)44(62)71-46(50)49(8,64)41(60)32(4)55(9)21-12-19-47(43,6)63/h14-17,20,24,28-33,37-43,45-46,59-61,63-64H,12-13,18-19,21-23,25-27H2,1-11H3/t29-,30+,31-,32-,33+,37+,38+,39-,40+,41-,42+,43-,45+,46+,47-,48-,49+/m1/s1. The smallest absolute Gasteiger partial charge is 0.312 e. The molecule has 71 heavy (non-hydrogen) atoms. The molecular formula is C49H79IN8O13. The largest absolute Gasteiger partial charge is 0.494 e. The predicted octanol–water partition coefficient (Wildman–Crippen LogP) is 2.89. The minimum Gasteiger partial charge on any atom is -0.494 e.